The zero-order valence-corrected chi connectivity index (χ0v) is 12.3. The lowest BCUT2D eigenvalue weighted by atomic mass is 10.00. The summed E-state index contributed by atoms with van der Waals surface area (Å²) in [5.41, 5.74) is 0.727. The monoisotopic (exact) mass is 274 g/mol. The van der Waals surface area contributed by atoms with Crippen molar-refractivity contribution < 1.29 is 14.6 Å². The van der Waals surface area contributed by atoms with Crippen LogP contribution in [-0.2, 0) is 4.74 Å². The molecule has 1 atom stereocenters. The maximum absolute atomic E-state index is 11.7. The first-order chi connectivity index (χ1) is 9.41. The summed E-state index contributed by atoms with van der Waals surface area (Å²) in [5.74, 6) is -0.429. The first kappa shape index (κ1) is 16.2. The van der Waals surface area contributed by atoms with Crippen LogP contribution in [0, 0.1) is 0 Å². The highest BCUT2D eigenvalue weighted by Gasteiger charge is 2.15. The summed E-state index contributed by atoms with van der Waals surface area (Å²) >= 11 is 0. The van der Waals surface area contributed by atoms with Gasteiger partial charge in [0.05, 0.1) is 17.4 Å². The highest BCUT2D eigenvalue weighted by atomic mass is 16.5. The van der Waals surface area contributed by atoms with Crippen LogP contribution < -0.4 is 0 Å². The molecular formula is C17H22O3. The van der Waals surface area contributed by atoms with Crippen molar-refractivity contribution in [1.29, 1.82) is 0 Å². The molecule has 3 nitrogen and oxygen atoms in total. The van der Waals surface area contributed by atoms with E-state index in [0.717, 1.165) is 6.42 Å². The Morgan fingerprint density at radius 1 is 1.30 bits per heavy atom. The summed E-state index contributed by atoms with van der Waals surface area (Å²) in [6.45, 7) is 5.73. The molecule has 0 saturated carbocycles. The van der Waals surface area contributed by atoms with E-state index in [1.54, 1.807) is 31.2 Å². The molecular weight excluding hydrogens is 252 g/mol. The van der Waals surface area contributed by atoms with Crippen LogP contribution in [0.25, 0.3) is 0 Å². The molecule has 20 heavy (non-hydrogen) atoms. The summed E-state index contributed by atoms with van der Waals surface area (Å²) in [7, 11) is 0. The van der Waals surface area contributed by atoms with Crippen LogP contribution in [0.1, 0.15) is 44.0 Å². The fraction of sp³-hybridized carbons (Fsp3) is 0.353. The molecule has 0 aliphatic heterocycles. The Labute approximate surface area is 120 Å². The molecule has 0 fully saturated rings. The van der Waals surface area contributed by atoms with E-state index in [4.69, 9.17) is 4.74 Å². The first-order valence-electron chi connectivity index (χ1n) is 6.70. The zero-order valence-electron chi connectivity index (χ0n) is 12.3. The second-order valence-corrected chi connectivity index (χ2v) is 5.25. The van der Waals surface area contributed by atoms with Crippen LogP contribution in [-0.4, -0.2) is 16.7 Å². The minimum atomic E-state index is -0.983. The number of esters is 1. The third-order valence-electron chi connectivity index (χ3n) is 2.81. The Morgan fingerprint density at radius 3 is 2.55 bits per heavy atom. The fourth-order valence-corrected chi connectivity index (χ4v) is 1.62. The molecule has 0 aliphatic carbocycles. The highest BCUT2D eigenvalue weighted by Crippen LogP contribution is 2.15. The van der Waals surface area contributed by atoms with Gasteiger partial charge in [0.1, 0.15) is 0 Å². The second-order valence-electron chi connectivity index (χ2n) is 5.25. The predicted octanol–water partition coefficient (Wildman–Crippen LogP) is 3.85. The average molecular weight is 274 g/mol. The SMILES string of the molecule is CC(C)=CCCC(C)(O)/C=C/OC(=O)c1ccccc1. The van der Waals surface area contributed by atoms with E-state index in [1.807, 2.05) is 19.9 Å². The summed E-state index contributed by atoms with van der Waals surface area (Å²) in [5, 5.41) is 10.1. The van der Waals surface area contributed by atoms with E-state index < -0.39 is 11.6 Å². The lowest BCUT2D eigenvalue weighted by Gasteiger charge is -2.17. The zero-order chi connectivity index (χ0) is 15.0. The van der Waals surface area contributed by atoms with Crippen molar-refractivity contribution in [2.24, 2.45) is 0 Å². The van der Waals surface area contributed by atoms with Crippen molar-refractivity contribution in [3.63, 3.8) is 0 Å². The molecule has 0 aliphatic rings. The predicted molar refractivity (Wildman–Crippen MR) is 80.3 cm³/mol. The summed E-state index contributed by atoms with van der Waals surface area (Å²) in [6, 6.07) is 8.75. The number of aliphatic hydroxyl groups is 1. The Morgan fingerprint density at radius 2 is 1.95 bits per heavy atom. The van der Waals surface area contributed by atoms with Gasteiger partial charge >= 0.3 is 5.97 Å². The van der Waals surface area contributed by atoms with Crippen LogP contribution in [0.2, 0.25) is 0 Å². The number of allylic oxidation sites excluding steroid dienone is 2. The molecule has 1 aromatic rings. The third-order valence-corrected chi connectivity index (χ3v) is 2.81. The topological polar surface area (TPSA) is 46.5 Å². The summed E-state index contributed by atoms with van der Waals surface area (Å²) < 4.78 is 5.00. The van der Waals surface area contributed by atoms with Gasteiger partial charge in [-0.1, -0.05) is 29.8 Å². The normalized spacial score (nSPS) is 13.8. The van der Waals surface area contributed by atoms with Gasteiger partial charge in [-0.15, -0.1) is 0 Å². The minimum absolute atomic E-state index is 0.429. The maximum Gasteiger partial charge on any atom is 0.342 e. The molecule has 0 saturated heterocycles. The van der Waals surface area contributed by atoms with Crippen molar-refractivity contribution in [3.05, 3.63) is 59.9 Å². The maximum atomic E-state index is 11.7. The van der Waals surface area contributed by atoms with Gasteiger partial charge < -0.3 is 9.84 Å². The van der Waals surface area contributed by atoms with Gasteiger partial charge in [-0.05, 0) is 51.8 Å². The van der Waals surface area contributed by atoms with Crippen LogP contribution in [0.4, 0.5) is 0 Å². The summed E-state index contributed by atoms with van der Waals surface area (Å²) in [4.78, 5) is 11.7. The van der Waals surface area contributed by atoms with E-state index in [2.05, 4.69) is 6.08 Å². The Bertz CT molecular complexity index is 480. The molecule has 0 radical (unpaired) electrons. The van der Waals surface area contributed by atoms with Gasteiger partial charge in [0.25, 0.3) is 0 Å². The van der Waals surface area contributed by atoms with Crippen molar-refractivity contribution in [3.8, 4) is 0 Å². The van der Waals surface area contributed by atoms with Gasteiger partial charge in [-0.3, -0.25) is 0 Å². The van der Waals surface area contributed by atoms with E-state index in [-0.39, 0.29) is 0 Å². The van der Waals surface area contributed by atoms with Gasteiger partial charge in [0.15, 0.2) is 0 Å². The van der Waals surface area contributed by atoms with Crippen molar-refractivity contribution >= 4 is 5.97 Å². The average Bonchev–Trinajstić information content (AvgIpc) is 2.38. The molecule has 1 aromatic carbocycles. The number of hydrogen-bond acceptors (Lipinski definition) is 3. The molecule has 0 bridgehead atoms. The molecule has 0 amide bonds. The van der Waals surface area contributed by atoms with Crippen LogP contribution in [0.5, 0.6) is 0 Å². The summed E-state index contributed by atoms with van der Waals surface area (Å²) in [6.07, 6.45) is 6.20. The molecule has 1 N–H and O–H groups in total. The molecule has 108 valence electrons. The molecule has 0 spiro atoms. The van der Waals surface area contributed by atoms with Gasteiger partial charge in [0, 0.05) is 0 Å². The number of carbonyl (C=O) groups is 1. The number of carbonyl (C=O) groups excluding carboxylic acids is 1. The molecule has 0 heterocycles. The minimum Gasteiger partial charge on any atom is -0.431 e. The fourth-order valence-electron chi connectivity index (χ4n) is 1.62. The molecule has 1 unspecified atom stereocenters. The largest absolute Gasteiger partial charge is 0.431 e. The number of benzene rings is 1. The lowest BCUT2D eigenvalue weighted by molar-refractivity contribution is 0.0643. The number of rotatable bonds is 6. The standard InChI is InChI=1S/C17H22O3/c1-14(2)8-7-11-17(3,19)12-13-20-16(18)15-9-5-4-6-10-15/h4-6,8-10,12-13,19H,7,11H2,1-3H3/b13-12+. The molecule has 3 heteroatoms. The van der Waals surface area contributed by atoms with Crippen LogP contribution >= 0.6 is 0 Å². The Balaban J connectivity index is 2.47. The van der Waals surface area contributed by atoms with E-state index in [0.29, 0.717) is 12.0 Å². The number of hydrogen-bond donors (Lipinski definition) is 1. The van der Waals surface area contributed by atoms with Crippen LogP contribution in [0.3, 0.4) is 0 Å². The third kappa shape index (κ3) is 6.34. The van der Waals surface area contributed by atoms with Crippen LogP contribution in [0.15, 0.2) is 54.3 Å². The Hall–Kier alpha value is -1.87. The van der Waals surface area contributed by atoms with E-state index >= 15 is 0 Å². The van der Waals surface area contributed by atoms with Crippen molar-refractivity contribution in [2.75, 3.05) is 0 Å². The van der Waals surface area contributed by atoms with Gasteiger partial charge in [0.2, 0.25) is 0 Å². The first-order valence-corrected chi connectivity index (χ1v) is 6.70. The quantitative estimate of drug-likeness (QED) is 0.487. The van der Waals surface area contributed by atoms with Crippen molar-refractivity contribution in [2.45, 2.75) is 39.2 Å². The number of ether oxygens (including phenoxy) is 1. The Kier molecular flexibility index (Phi) is 6.19. The van der Waals surface area contributed by atoms with Gasteiger partial charge in [-0.2, -0.15) is 0 Å². The van der Waals surface area contributed by atoms with E-state index in [1.165, 1.54) is 17.9 Å². The smallest absolute Gasteiger partial charge is 0.342 e. The molecule has 0 aromatic heterocycles. The molecule has 1 rings (SSSR count). The second kappa shape index (κ2) is 7.65. The van der Waals surface area contributed by atoms with E-state index in [9.17, 15) is 9.90 Å². The lowest BCUT2D eigenvalue weighted by Crippen LogP contribution is -2.20. The van der Waals surface area contributed by atoms with Gasteiger partial charge in [-0.25, -0.2) is 4.79 Å². The highest BCUT2D eigenvalue weighted by molar-refractivity contribution is 5.89. The van der Waals surface area contributed by atoms with Crippen molar-refractivity contribution in [1.82, 2.24) is 0 Å².